The van der Waals surface area contributed by atoms with Crippen LogP contribution in [-0.2, 0) is 9.59 Å². The second-order valence-electron chi connectivity index (χ2n) is 6.21. The van der Waals surface area contributed by atoms with Gasteiger partial charge in [-0.25, -0.2) is 4.79 Å². The number of carboxylic acid groups (broad SMARTS) is 1. The number of aryl methyl sites for hydroxylation is 1. The van der Waals surface area contributed by atoms with Gasteiger partial charge in [0.1, 0.15) is 12.1 Å². The summed E-state index contributed by atoms with van der Waals surface area (Å²) in [5.74, 6) is -1.94. The number of aromatic nitrogens is 1. The Morgan fingerprint density at radius 3 is 2.18 bits per heavy atom. The molecule has 0 saturated heterocycles. The van der Waals surface area contributed by atoms with Crippen molar-refractivity contribution < 1.29 is 14.7 Å². The largest absolute Gasteiger partial charge is 0.480 e. The van der Waals surface area contributed by atoms with Gasteiger partial charge in [-0.15, -0.1) is 0 Å². The number of nitrogens with zero attached hydrogens (tertiary/aromatic N) is 1. The number of carbonyl (C=O) groups is 2. The minimum atomic E-state index is -1.08. The van der Waals surface area contributed by atoms with Crippen LogP contribution in [0.3, 0.4) is 0 Å². The van der Waals surface area contributed by atoms with Crippen LogP contribution < -0.4 is 10.9 Å². The molecule has 0 aliphatic carbocycles. The van der Waals surface area contributed by atoms with Crippen LogP contribution in [0.4, 0.5) is 0 Å². The molecule has 6 heteroatoms. The number of amides is 1. The topological polar surface area (TPSA) is 88.4 Å². The van der Waals surface area contributed by atoms with Crippen LogP contribution in [0.5, 0.6) is 0 Å². The van der Waals surface area contributed by atoms with Gasteiger partial charge in [-0.2, -0.15) is 0 Å². The fourth-order valence-corrected chi connectivity index (χ4v) is 2.32. The number of carboxylic acids is 1. The van der Waals surface area contributed by atoms with Crippen LogP contribution in [0.2, 0.25) is 0 Å². The number of nitrogens with one attached hydrogen (secondary N) is 1. The van der Waals surface area contributed by atoms with Gasteiger partial charge in [-0.3, -0.25) is 9.59 Å². The van der Waals surface area contributed by atoms with E-state index >= 15 is 0 Å². The van der Waals surface area contributed by atoms with Gasteiger partial charge in [-0.05, 0) is 30.4 Å². The predicted octanol–water partition coefficient (Wildman–Crippen LogP) is 1.58. The molecule has 0 aromatic carbocycles. The van der Waals surface area contributed by atoms with E-state index in [1.165, 1.54) is 10.6 Å². The highest BCUT2D eigenvalue weighted by atomic mass is 16.4. The van der Waals surface area contributed by atoms with Crippen LogP contribution in [0.1, 0.15) is 39.3 Å². The Hall–Kier alpha value is -2.11. The van der Waals surface area contributed by atoms with Crippen LogP contribution in [0.15, 0.2) is 23.1 Å². The summed E-state index contributed by atoms with van der Waals surface area (Å²) in [5, 5.41) is 11.7. The summed E-state index contributed by atoms with van der Waals surface area (Å²) in [6.45, 7) is 8.89. The van der Waals surface area contributed by atoms with Gasteiger partial charge in [0.2, 0.25) is 5.91 Å². The first kappa shape index (κ1) is 17.9. The zero-order valence-electron chi connectivity index (χ0n) is 13.7. The van der Waals surface area contributed by atoms with Gasteiger partial charge < -0.3 is 15.0 Å². The molecule has 1 amide bonds. The van der Waals surface area contributed by atoms with E-state index in [4.69, 9.17) is 0 Å². The molecule has 0 bridgehead atoms. The van der Waals surface area contributed by atoms with Crippen molar-refractivity contribution in [1.29, 1.82) is 0 Å². The highest BCUT2D eigenvalue weighted by molar-refractivity contribution is 5.86. The quantitative estimate of drug-likeness (QED) is 0.835. The fraction of sp³-hybridized carbons (Fsp3) is 0.562. The van der Waals surface area contributed by atoms with Crippen LogP contribution >= 0.6 is 0 Å². The van der Waals surface area contributed by atoms with E-state index in [-0.39, 0.29) is 17.4 Å². The Morgan fingerprint density at radius 1 is 1.18 bits per heavy atom. The SMILES string of the molecule is Cc1ccn(C(C(=O)NC(C(=O)O)C(C)C)C(C)C)c(=O)c1. The molecule has 0 aliphatic rings. The number of carbonyl (C=O) groups excluding carboxylic acids is 1. The first-order chi connectivity index (χ1) is 10.1. The standard InChI is InChI=1S/C16H24N2O4/c1-9(2)13(16(21)22)17-15(20)14(10(3)4)18-7-6-11(5)8-12(18)19/h6-10,13-14H,1-5H3,(H,17,20)(H,21,22). The molecule has 0 saturated carbocycles. The highest BCUT2D eigenvalue weighted by Crippen LogP contribution is 2.17. The third-order valence-corrected chi connectivity index (χ3v) is 3.53. The lowest BCUT2D eigenvalue weighted by molar-refractivity contribution is -0.143. The Morgan fingerprint density at radius 2 is 1.77 bits per heavy atom. The van der Waals surface area contributed by atoms with Gasteiger partial charge in [0, 0.05) is 12.3 Å². The van der Waals surface area contributed by atoms with Crippen LogP contribution in [-0.4, -0.2) is 27.6 Å². The summed E-state index contributed by atoms with van der Waals surface area (Å²) in [5.41, 5.74) is 0.542. The number of rotatable bonds is 6. The van der Waals surface area contributed by atoms with Crippen LogP contribution in [0.25, 0.3) is 0 Å². The molecule has 0 radical (unpaired) electrons. The highest BCUT2D eigenvalue weighted by Gasteiger charge is 2.30. The smallest absolute Gasteiger partial charge is 0.326 e. The summed E-state index contributed by atoms with van der Waals surface area (Å²) >= 11 is 0. The van der Waals surface area contributed by atoms with Crippen molar-refractivity contribution in [2.24, 2.45) is 11.8 Å². The lowest BCUT2D eigenvalue weighted by Crippen LogP contribution is -2.49. The van der Waals surface area contributed by atoms with E-state index in [1.807, 2.05) is 13.8 Å². The molecule has 2 atom stereocenters. The van der Waals surface area contributed by atoms with Gasteiger partial charge in [0.15, 0.2) is 0 Å². The Bertz CT molecular complexity index is 604. The number of hydrogen-bond acceptors (Lipinski definition) is 3. The van der Waals surface area contributed by atoms with E-state index in [9.17, 15) is 19.5 Å². The van der Waals surface area contributed by atoms with E-state index in [1.54, 1.807) is 33.0 Å². The number of hydrogen-bond donors (Lipinski definition) is 2. The minimum Gasteiger partial charge on any atom is -0.480 e. The molecule has 0 fully saturated rings. The molecule has 2 N–H and O–H groups in total. The molecule has 1 rings (SSSR count). The second-order valence-corrected chi connectivity index (χ2v) is 6.21. The first-order valence-electron chi connectivity index (χ1n) is 7.37. The molecule has 1 heterocycles. The van der Waals surface area contributed by atoms with Gasteiger partial charge in [0.05, 0.1) is 0 Å². The van der Waals surface area contributed by atoms with Crippen molar-refractivity contribution >= 4 is 11.9 Å². The summed E-state index contributed by atoms with van der Waals surface area (Å²) in [6.07, 6.45) is 1.58. The molecule has 6 nitrogen and oxygen atoms in total. The van der Waals surface area contributed by atoms with Crippen molar-refractivity contribution in [2.75, 3.05) is 0 Å². The minimum absolute atomic E-state index is 0.151. The summed E-state index contributed by atoms with van der Waals surface area (Å²) < 4.78 is 1.35. The summed E-state index contributed by atoms with van der Waals surface area (Å²) in [7, 11) is 0. The Balaban J connectivity index is 3.13. The lowest BCUT2D eigenvalue weighted by atomic mass is 10.00. The molecule has 0 aliphatic heterocycles. The maximum Gasteiger partial charge on any atom is 0.326 e. The molecule has 122 valence electrons. The van der Waals surface area contributed by atoms with E-state index in [0.29, 0.717) is 0 Å². The van der Waals surface area contributed by atoms with Crippen molar-refractivity contribution in [1.82, 2.24) is 9.88 Å². The lowest BCUT2D eigenvalue weighted by Gasteiger charge is -2.26. The first-order valence-corrected chi connectivity index (χ1v) is 7.37. The van der Waals surface area contributed by atoms with Crippen molar-refractivity contribution in [3.05, 3.63) is 34.2 Å². The normalized spacial score (nSPS) is 14.0. The van der Waals surface area contributed by atoms with Crippen molar-refractivity contribution in [3.8, 4) is 0 Å². The molecule has 1 aromatic rings. The van der Waals surface area contributed by atoms with E-state index in [0.717, 1.165) is 5.56 Å². The van der Waals surface area contributed by atoms with Gasteiger partial charge in [-0.1, -0.05) is 27.7 Å². The molecular formula is C16H24N2O4. The summed E-state index contributed by atoms with van der Waals surface area (Å²) in [6, 6.07) is 1.49. The summed E-state index contributed by atoms with van der Waals surface area (Å²) in [4.78, 5) is 35.9. The Kier molecular flexibility index (Phi) is 5.91. The number of pyridine rings is 1. The maximum atomic E-state index is 12.5. The Labute approximate surface area is 130 Å². The zero-order valence-corrected chi connectivity index (χ0v) is 13.7. The molecular weight excluding hydrogens is 284 g/mol. The molecule has 0 spiro atoms. The van der Waals surface area contributed by atoms with Gasteiger partial charge >= 0.3 is 5.97 Å². The fourth-order valence-electron chi connectivity index (χ4n) is 2.32. The average molecular weight is 308 g/mol. The number of aliphatic carboxylic acids is 1. The van der Waals surface area contributed by atoms with Crippen LogP contribution in [0, 0.1) is 18.8 Å². The van der Waals surface area contributed by atoms with E-state index in [2.05, 4.69) is 5.32 Å². The predicted molar refractivity (Wildman–Crippen MR) is 83.7 cm³/mol. The second kappa shape index (κ2) is 7.24. The van der Waals surface area contributed by atoms with Gasteiger partial charge in [0.25, 0.3) is 5.56 Å². The average Bonchev–Trinajstić information content (AvgIpc) is 2.37. The molecule has 1 aromatic heterocycles. The zero-order chi connectivity index (χ0) is 17.0. The molecule has 2 unspecified atom stereocenters. The van der Waals surface area contributed by atoms with E-state index < -0.39 is 24.0 Å². The van der Waals surface area contributed by atoms with Crippen molar-refractivity contribution in [3.63, 3.8) is 0 Å². The van der Waals surface area contributed by atoms with Crippen molar-refractivity contribution in [2.45, 2.75) is 46.7 Å². The monoisotopic (exact) mass is 308 g/mol. The third kappa shape index (κ3) is 4.19. The maximum absolute atomic E-state index is 12.5. The third-order valence-electron chi connectivity index (χ3n) is 3.53. The molecule has 22 heavy (non-hydrogen) atoms.